The molecule has 0 saturated carbocycles. The molecule has 0 atom stereocenters. The van der Waals surface area contributed by atoms with Gasteiger partial charge in [0.05, 0.1) is 27.7 Å². The van der Waals surface area contributed by atoms with Crippen molar-refractivity contribution in [2.24, 2.45) is 0 Å². The van der Waals surface area contributed by atoms with Crippen LogP contribution in [0.5, 0.6) is 0 Å². The van der Waals surface area contributed by atoms with Crippen LogP contribution in [0.4, 0.5) is 21.6 Å². The highest BCUT2D eigenvalue weighted by molar-refractivity contribution is 6.34. The van der Waals surface area contributed by atoms with E-state index in [2.05, 4.69) is 15.4 Å². The molecule has 4 aromatic rings. The van der Waals surface area contributed by atoms with Gasteiger partial charge in [0.1, 0.15) is 11.6 Å². The van der Waals surface area contributed by atoms with Gasteiger partial charge in [-0.2, -0.15) is 5.10 Å². The highest BCUT2D eigenvalue weighted by Crippen LogP contribution is 2.33. The van der Waals surface area contributed by atoms with Crippen molar-refractivity contribution in [3.8, 4) is 0 Å². The molecule has 0 aliphatic heterocycles. The van der Waals surface area contributed by atoms with Crippen LogP contribution in [0.1, 0.15) is 12.5 Å². The third-order valence-electron chi connectivity index (χ3n) is 4.66. The number of pyridine rings is 2. The molecule has 0 radical (unpaired) electrons. The Kier molecular flexibility index (Phi) is 6.07. The standard InChI is InChI=1S/C22H16Cl2FN5O2/c1-13(31)30(19-11-16-6-8-27-29(16)12-17(19)23)20-10-15(5-7-26-20)28-21(32)9-14-3-2-4-18(25)22(14)24/h2-8,10-12H,9H2,1H3,(H,26,28,32). The largest absolute Gasteiger partial charge is 0.326 e. The molecule has 0 saturated heterocycles. The summed E-state index contributed by atoms with van der Waals surface area (Å²) in [5, 5.41) is 7.05. The molecule has 32 heavy (non-hydrogen) atoms. The third kappa shape index (κ3) is 4.42. The van der Waals surface area contributed by atoms with Crippen molar-refractivity contribution in [2.75, 3.05) is 10.2 Å². The highest BCUT2D eigenvalue weighted by atomic mass is 35.5. The van der Waals surface area contributed by atoms with Gasteiger partial charge in [-0.25, -0.2) is 13.9 Å². The molecule has 7 nitrogen and oxygen atoms in total. The molecule has 10 heteroatoms. The number of halogens is 3. The highest BCUT2D eigenvalue weighted by Gasteiger charge is 2.20. The maximum atomic E-state index is 13.6. The lowest BCUT2D eigenvalue weighted by Crippen LogP contribution is -2.24. The maximum absolute atomic E-state index is 13.6. The van der Waals surface area contributed by atoms with E-state index in [1.165, 1.54) is 30.2 Å². The Morgan fingerprint density at radius 1 is 1.16 bits per heavy atom. The average molecular weight is 472 g/mol. The molecule has 0 unspecified atom stereocenters. The number of amides is 2. The zero-order valence-corrected chi connectivity index (χ0v) is 18.2. The van der Waals surface area contributed by atoms with E-state index < -0.39 is 11.7 Å². The summed E-state index contributed by atoms with van der Waals surface area (Å²) in [6.45, 7) is 1.38. The smallest absolute Gasteiger partial charge is 0.229 e. The lowest BCUT2D eigenvalue weighted by Gasteiger charge is -2.22. The van der Waals surface area contributed by atoms with E-state index in [1.54, 1.807) is 47.2 Å². The minimum atomic E-state index is -0.590. The van der Waals surface area contributed by atoms with Crippen molar-refractivity contribution >= 4 is 57.7 Å². The molecule has 0 spiro atoms. The number of aromatic nitrogens is 3. The summed E-state index contributed by atoms with van der Waals surface area (Å²) < 4.78 is 15.2. The Morgan fingerprint density at radius 3 is 2.75 bits per heavy atom. The summed E-state index contributed by atoms with van der Waals surface area (Å²) in [5.74, 6) is -1.04. The molecule has 0 bridgehead atoms. The first-order chi connectivity index (χ1) is 15.3. The molecule has 162 valence electrons. The number of carbonyl (C=O) groups excluding carboxylic acids is 2. The van der Waals surface area contributed by atoms with Crippen LogP contribution in [0, 0.1) is 5.82 Å². The molecule has 0 fully saturated rings. The minimum absolute atomic E-state index is 0.0919. The fourth-order valence-electron chi connectivity index (χ4n) is 3.24. The van der Waals surface area contributed by atoms with Gasteiger partial charge >= 0.3 is 0 Å². The average Bonchev–Trinajstić information content (AvgIpc) is 3.19. The molecule has 4 rings (SSSR count). The van der Waals surface area contributed by atoms with Crippen molar-refractivity contribution in [3.05, 3.63) is 82.5 Å². The van der Waals surface area contributed by atoms with Gasteiger partial charge < -0.3 is 5.32 Å². The number of fused-ring (bicyclic) bond motifs is 1. The number of benzene rings is 1. The second-order valence-electron chi connectivity index (χ2n) is 6.90. The zero-order chi connectivity index (χ0) is 22.8. The second-order valence-corrected chi connectivity index (χ2v) is 7.69. The van der Waals surface area contributed by atoms with E-state index in [0.717, 1.165) is 5.52 Å². The van der Waals surface area contributed by atoms with Crippen LogP contribution in [0.3, 0.4) is 0 Å². The minimum Gasteiger partial charge on any atom is -0.326 e. The molecular formula is C22H16Cl2FN5O2. The SMILES string of the molecule is CC(=O)N(c1cc(NC(=O)Cc2cccc(F)c2Cl)ccn1)c1cc2ccnn2cc1Cl. The van der Waals surface area contributed by atoms with Gasteiger partial charge in [-0.05, 0) is 29.8 Å². The van der Waals surface area contributed by atoms with Gasteiger partial charge in [0.25, 0.3) is 0 Å². The second kappa shape index (κ2) is 8.94. The van der Waals surface area contributed by atoms with Crippen molar-refractivity contribution in [1.29, 1.82) is 0 Å². The molecule has 3 heterocycles. The van der Waals surface area contributed by atoms with E-state index in [4.69, 9.17) is 23.2 Å². The zero-order valence-electron chi connectivity index (χ0n) is 16.7. The fourth-order valence-corrected chi connectivity index (χ4v) is 3.66. The van der Waals surface area contributed by atoms with Crippen molar-refractivity contribution in [1.82, 2.24) is 14.6 Å². The van der Waals surface area contributed by atoms with E-state index in [9.17, 15) is 14.0 Å². The first-order valence-electron chi connectivity index (χ1n) is 9.46. The Morgan fingerprint density at radius 2 is 1.97 bits per heavy atom. The van der Waals surface area contributed by atoms with Crippen LogP contribution in [0.25, 0.3) is 5.52 Å². The summed E-state index contributed by atoms with van der Waals surface area (Å²) in [4.78, 5) is 30.6. The topological polar surface area (TPSA) is 79.6 Å². The predicted molar refractivity (Wildman–Crippen MR) is 121 cm³/mol. The normalized spacial score (nSPS) is 10.9. The molecule has 2 amide bonds. The molecule has 0 aliphatic rings. The Balaban J connectivity index is 1.61. The number of hydrogen-bond acceptors (Lipinski definition) is 4. The van der Waals surface area contributed by atoms with Gasteiger partial charge in [0, 0.05) is 37.3 Å². The number of nitrogens with one attached hydrogen (secondary N) is 1. The third-order valence-corrected chi connectivity index (χ3v) is 5.38. The number of anilines is 3. The van der Waals surface area contributed by atoms with Gasteiger partial charge in [-0.3, -0.25) is 14.5 Å². The van der Waals surface area contributed by atoms with Crippen LogP contribution >= 0.6 is 23.2 Å². The van der Waals surface area contributed by atoms with Gasteiger partial charge in [-0.15, -0.1) is 0 Å². The van der Waals surface area contributed by atoms with Crippen LogP contribution in [-0.2, 0) is 16.0 Å². The molecule has 3 aromatic heterocycles. The van der Waals surface area contributed by atoms with Crippen molar-refractivity contribution in [2.45, 2.75) is 13.3 Å². The van der Waals surface area contributed by atoms with Gasteiger partial charge in [0.2, 0.25) is 11.8 Å². The number of nitrogens with zero attached hydrogens (tertiary/aromatic N) is 4. The van der Waals surface area contributed by atoms with Gasteiger partial charge in [0.15, 0.2) is 0 Å². The lowest BCUT2D eigenvalue weighted by molar-refractivity contribution is -0.116. The van der Waals surface area contributed by atoms with Crippen LogP contribution < -0.4 is 10.2 Å². The molecule has 0 aliphatic carbocycles. The Bertz CT molecular complexity index is 1340. The summed E-state index contributed by atoms with van der Waals surface area (Å²) in [6.07, 6.45) is 4.55. The molecule has 1 aromatic carbocycles. The van der Waals surface area contributed by atoms with Crippen LogP contribution in [0.15, 0.2) is 61.1 Å². The summed E-state index contributed by atoms with van der Waals surface area (Å²) in [5.41, 5.74) is 1.94. The van der Waals surface area contributed by atoms with Gasteiger partial charge in [-0.1, -0.05) is 35.3 Å². The first-order valence-corrected chi connectivity index (χ1v) is 10.2. The first kappa shape index (κ1) is 21.7. The quantitative estimate of drug-likeness (QED) is 0.442. The summed E-state index contributed by atoms with van der Waals surface area (Å²) in [6, 6.07) is 10.9. The number of carbonyl (C=O) groups is 2. The van der Waals surface area contributed by atoms with E-state index in [-0.39, 0.29) is 23.2 Å². The van der Waals surface area contributed by atoms with Crippen molar-refractivity contribution < 1.29 is 14.0 Å². The Labute approximate surface area is 192 Å². The van der Waals surface area contributed by atoms with E-state index in [1.807, 2.05) is 0 Å². The predicted octanol–water partition coefficient (Wildman–Crippen LogP) is 5.04. The van der Waals surface area contributed by atoms with E-state index >= 15 is 0 Å². The number of hydrogen-bond donors (Lipinski definition) is 1. The maximum Gasteiger partial charge on any atom is 0.229 e. The van der Waals surface area contributed by atoms with Crippen molar-refractivity contribution in [3.63, 3.8) is 0 Å². The van der Waals surface area contributed by atoms with E-state index in [0.29, 0.717) is 22.0 Å². The van der Waals surface area contributed by atoms with Crippen LogP contribution in [-0.4, -0.2) is 26.4 Å². The Hall–Kier alpha value is -3.49. The molecular weight excluding hydrogens is 456 g/mol. The summed E-state index contributed by atoms with van der Waals surface area (Å²) >= 11 is 12.3. The lowest BCUT2D eigenvalue weighted by atomic mass is 10.1. The number of rotatable bonds is 5. The summed E-state index contributed by atoms with van der Waals surface area (Å²) in [7, 11) is 0. The van der Waals surface area contributed by atoms with Crippen LogP contribution in [0.2, 0.25) is 10.0 Å². The monoisotopic (exact) mass is 471 g/mol. The molecule has 1 N–H and O–H groups in total. The fraction of sp³-hybridized carbons (Fsp3) is 0.0909.